The smallest absolute Gasteiger partial charge is 0.321 e. The molecule has 0 saturated carbocycles. The van der Waals surface area contributed by atoms with Crippen LogP contribution in [-0.4, -0.2) is 31.7 Å². The first kappa shape index (κ1) is 23.6. The van der Waals surface area contributed by atoms with E-state index in [0.717, 1.165) is 37.8 Å². The molecule has 1 amide bonds. The fraction of sp³-hybridized carbons (Fsp3) is 0.381. The van der Waals surface area contributed by atoms with Crippen LogP contribution in [0, 0.1) is 6.92 Å². The molecule has 2 aromatic carbocycles. The van der Waals surface area contributed by atoms with Crippen LogP contribution < -0.4 is 5.32 Å². The van der Waals surface area contributed by atoms with Crippen LogP contribution in [0.3, 0.4) is 0 Å². The molecule has 0 unspecified atom stereocenters. The van der Waals surface area contributed by atoms with Crippen molar-refractivity contribution in [2.24, 2.45) is 0 Å². The maximum atomic E-state index is 13.3. The van der Waals surface area contributed by atoms with Crippen LogP contribution in [0.15, 0.2) is 41.3 Å². The van der Waals surface area contributed by atoms with Crippen molar-refractivity contribution >= 4 is 33.2 Å². The molecule has 168 valence electrons. The molecule has 1 N–H and O–H groups in total. The summed E-state index contributed by atoms with van der Waals surface area (Å²) in [6, 6.07) is 7.13. The molecular weight excluding hydrogens is 453 g/mol. The number of sulfonamides is 1. The molecule has 31 heavy (non-hydrogen) atoms. The van der Waals surface area contributed by atoms with Gasteiger partial charge in [0.1, 0.15) is 0 Å². The fourth-order valence-electron chi connectivity index (χ4n) is 3.49. The van der Waals surface area contributed by atoms with Crippen molar-refractivity contribution in [3.05, 3.63) is 58.1 Å². The van der Waals surface area contributed by atoms with Gasteiger partial charge in [-0.05, 0) is 55.7 Å². The Bertz CT molecular complexity index is 1080. The third kappa shape index (κ3) is 5.39. The van der Waals surface area contributed by atoms with Gasteiger partial charge in [-0.3, -0.25) is 4.79 Å². The normalized spacial score (nSPS) is 16.0. The summed E-state index contributed by atoms with van der Waals surface area (Å²) in [5, 5.41) is 2.13. The average molecular weight is 475 g/mol. The Labute approximate surface area is 184 Å². The maximum Gasteiger partial charge on any atom is 0.418 e. The van der Waals surface area contributed by atoms with Gasteiger partial charge in [-0.1, -0.05) is 30.5 Å². The fourth-order valence-corrected chi connectivity index (χ4v) is 5.20. The second kappa shape index (κ2) is 9.18. The lowest BCUT2D eigenvalue weighted by Crippen LogP contribution is -2.32. The molecule has 2 aromatic rings. The first-order valence-corrected chi connectivity index (χ1v) is 11.6. The van der Waals surface area contributed by atoms with E-state index in [1.165, 1.54) is 28.6 Å². The second-order valence-electron chi connectivity index (χ2n) is 7.44. The number of anilines is 1. The number of hydrogen-bond donors (Lipinski definition) is 1. The zero-order chi connectivity index (χ0) is 22.8. The lowest BCUT2D eigenvalue weighted by Gasteiger charge is -2.21. The molecule has 3 rings (SSSR count). The second-order valence-corrected chi connectivity index (χ2v) is 9.81. The molecule has 0 radical (unpaired) electrons. The number of rotatable bonds is 4. The Kier molecular flexibility index (Phi) is 6.98. The third-order valence-electron chi connectivity index (χ3n) is 5.19. The van der Waals surface area contributed by atoms with E-state index in [4.69, 9.17) is 11.6 Å². The largest absolute Gasteiger partial charge is 0.418 e. The number of nitrogens with zero attached hydrogens (tertiary/aromatic N) is 1. The lowest BCUT2D eigenvalue weighted by atomic mass is 10.1. The van der Waals surface area contributed by atoms with Gasteiger partial charge >= 0.3 is 6.18 Å². The summed E-state index contributed by atoms with van der Waals surface area (Å²) in [6.45, 7) is 2.39. The van der Waals surface area contributed by atoms with Gasteiger partial charge in [-0.2, -0.15) is 17.5 Å². The highest BCUT2D eigenvalue weighted by molar-refractivity contribution is 7.89. The van der Waals surface area contributed by atoms with E-state index < -0.39 is 33.4 Å². The third-order valence-corrected chi connectivity index (χ3v) is 7.32. The van der Waals surface area contributed by atoms with Crippen molar-refractivity contribution in [2.75, 3.05) is 18.4 Å². The number of amides is 1. The molecule has 10 heteroatoms. The first-order valence-electron chi connectivity index (χ1n) is 9.79. The summed E-state index contributed by atoms with van der Waals surface area (Å²) in [4.78, 5) is 12.7. The van der Waals surface area contributed by atoms with E-state index in [-0.39, 0.29) is 15.5 Å². The quantitative estimate of drug-likeness (QED) is 0.637. The van der Waals surface area contributed by atoms with Crippen LogP contribution in [0.4, 0.5) is 18.9 Å². The number of benzene rings is 2. The molecule has 0 atom stereocenters. The van der Waals surface area contributed by atoms with Gasteiger partial charge in [0.25, 0.3) is 5.91 Å². The Balaban J connectivity index is 1.93. The summed E-state index contributed by atoms with van der Waals surface area (Å²) >= 11 is 5.67. The average Bonchev–Trinajstić information content (AvgIpc) is 2.99. The van der Waals surface area contributed by atoms with Gasteiger partial charge < -0.3 is 5.32 Å². The Morgan fingerprint density at radius 1 is 1.03 bits per heavy atom. The van der Waals surface area contributed by atoms with Gasteiger partial charge in [-0.15, -0.1) is 0 Å². The van der Waals surface area contributed by atoms with Crippen LogP contribution in [-0.2, 0) is 16.2 Å². The molecule has 5 nitrogen and oxygen atoms in total. The monoisotopic (exact) mass is 474 g/mol. The molecule has 1 fully saturated rings. The Morgan fingerprint density at radius 2 is 1.68 bits per heavy atom. The SMILES string of the molecule is Cc1ccc(S(=O)(=O)N2CCCCCC2)cc1C(=O)Nc1ccc(Cl)cc1C(F)(F)F. The Hall–Kier alpha value is -2.10. The van der Waals surface area contributed by atoms with Gasteiger partial charge in [0, 0.05) is 23.7 Å². The minimum atomic E-state index is -4.72. The van der Waals surface area contributed by atoms with Gasteiger partial charge in [0.15, 0.2) is 0 Å². The molecule has 0 spiro atoms. The predicted octanol–water partition coefficient (Wildman–Crippen LogP) is 5.48. The van der Waals surface area contributed by atoms with Crippen molar-refractivity contribution in [1.82, 2.24) is 4.31 Å². The number of halogens is 4. The molecule has 1 saturated heterocycles. The van der Waals surface area contributed by atoms with Gasteiger partial charge in [-0.25, -0.2) is 8.42 Å². The zero-order valence-corrected chi connectivity index (χ0v) is 18.4. The van der Waals surface area contributed by atoms with Crippen molar-refractivity contribution in [1.29, 1.82) is 0 Å². The van der Waals surface area contributed by atoms with E-state index in [1.54, 1.807) is 6.92 Å². The number of nitrogens with one attached hydrogen (secondary N) is 1. The van der Waals surface area contributed by atoms with Crippen LogP contribution in [0.5, 0.6) is 0 Å². The molecular formula is C21H22ClF3N2O3S. The number of alkyl halides is 3. The van der Waals surface area contributed by atoms with E-state index in [1.807, 2.05) is 0 Å². The number of carbonyl (C=O) groups excluding carboxylic acids is 1. The van der Waals surface area contributed by atoms with Crippen LogP contribution in [0.25, 0.3) is 0 Å². The number of aryl methyl sites for hydroxylation is 1. The summed E-state index contributed by atoms with van der Waals surface area (Å²) in [5.41, 5.74) is -1.12. The predicted molar refractivity (Wildman–Crippen MR) is 113 cm³/mol. The van der Waals surface area contributed by atoms with Crippen molar-refractivity contribution in [3.8, 4) is 0 Å². The molecule has 1 aliphatic rings. The van der Waals surface area contributed by atoms with Crippen LogP contribution in [0.1, 0.15) is 47.2 Å². The van der Waals surface area contributed by atoms with Crippen molar-refractivity contribution in [2.45, 2.75) is 43.7 Å². The van der Waals surface area contributed by atoms with Crippen molar-refractivity contribution < 1.29 is 26.4 Å². The van der Waals surface area contributed by atoms with E-state index in [9.17, 15) is 26.4 Å². The van der Waals surface area contributed by atoms with Gasteiger partial charge in [0.2, 0.25) is 10.0 Å². The molecule has 0 aromatic heterocycles. The van der Waals surface area contributed by atoms with Crippen LogP contribution >= 0.6 is 11.6 Å². The molecule has 0 bridgehead atoms. The van der Waals surface area contributed by atoms with Crippen molar-refractivity contribution in [3.63, 3.8) is 0 Å². The molecule has 1 heterocycles. The standard InChI is InChI=1S/C21H22ClF3N2O3S/c1-14-6-8-16(31(29,30)27-10-4-2-3-5-11-27)13-17(14)20(28)26-19-9-7-15(22)12-18(19)21(23,24)25/h6-9,12-13H,2-5,10-11H2,1H3,(H,26,28). The van der Waals surface area contributed by atoms with Gasteiger partial charge in [0.05, 0.1) is 16.1 Å². The minimum Gasteiger partial charge on any atom is -0.321 e. The summed E-state index contributed by atoms with van der Waals surface area (Å²) in [5.74, 6) is -0.835. The summed E-state index contributed by atoms with van der Waals surface area (Å²) < 4.78 is 67.4. The number of carbonyl (C=O) groups is 1. The highest BCUT2D eigenvalue weighted by Gasteiger charge is 2.34. The van der Waals surface area contributed by atoms with Crippen LogP contribution in [0.2, 0.25) is 5.02 Å². The van der Waals surface area contributed by atoms with E-state index >= 15 is 0 Å². The first-order chi connectivity index (χ1) is 14.5. The minimum absolute atomic E-state index is 0.0148. The topological polar surface area (TPSA) is 66.5 Å². The number of hydrogen-bond acceptors (Lipinski definition) is 3. The Morgan fingerprint density at radius 3 is 2.29 bits per heavy atom. The molecule has 0 aliphatic carbocycles. The highest BCUT2D eigenvalue weighted by Crippen LogP contribution is 2.37. The highest BCUT2D eigenvalue weighted by atomic mass is 35.5. The lowest BCUT2D eigenvalue weighted by molar-refractivity contribution is -0.136. The summed E-state index contributed by atoms with van der Waals surface area (Å²) in [7, 11) is -3.81. The maximum absolute atomic E-state index is 13.3. The van der Waals surface area contributed by atoms with E-state index in [0.29, 0.717) is 18.7 Å². The van der Waals surface area contributed by atoms with E-state index in [2.05, 4.69) is 5.32 Å². The zero-order valence-electron chi connectivity index (χ0n) is 16.8. The summed E-state index contributed by atoms with van der Waals surface area (Å²) in [6.07, 6.45) is -1.29. The molecule has 1 aliphatic heterocycles.